The second kappa shape index (κ2) is 7.08. The van der Waals surface area contributed by atoms with Crippen molar-refractivity contribution in [2.24, 2.45) is 0 Å². The van der Waals surface area contributed by atoms with Gasteiger partial charge in [-0.15, -0.1) is 0 Å². The standard InChI is InChI=1S/C18H28N2O/c1-18(2,3)16-8-5-15(6-9-16)7-10-17(21)20-13-4-11-19-12-14-20/h5-6,8-9,19H,4,7,10-14H2,1-3H3. The van der Waals surface area contributed by atoms with Gasteiger partial charge in [-0.1, -0.05) is 45.0 Å². The minimum absolute atomic E-state index is 0.188. The quantitative estimate of drug-likeness (QED) is 0.927. The fourth-order valence-corrected chi connectivity index (χ4v) is 2.68. The maximum absolute atomic E-state index is 12.2. The summed E-state index contributed by atoms with van der Waals surface area (Å²) in [6, 6.07) is 8.71. The summed E-state index contributed by atoms with van der Waals surface area (Å²) in [5.74, 6) is 0.290. The maximum Gasteiger partial charge on any atom is 0.222 e. The molecule has 2 rings (SSSR count). The monoisotopic (exact) mass is 288 g/mol. The highest BCUT2D eigenvalue weighted by molar-refractivity contribution is 5.76. The Morgan fingerprint density at radius 2 is 1.86 bits per heavy atom. The van der Waals surface area contributed by atoms with Crippen molar-refractivity contribution in [1.82, 2.24) is 10.2 Å². The zero-order valence-electron chi connectivity index (χ0n) is 13.6. The van der Waals surface area contributed by atoms with Gasteiger partial charge in [0.05, 0.1) is 0 Å². The van der Waals surface area contributed by atoms with Crippen molar-refractivity contribution in [2.75, 3.05) is 26.2 Å². The van der Waals surface area contributed by atoms with Crippen LogP contribution in [0.4, 0.5) is 0 Å². The molecule has 3 heteroatoms. The Morgan fingerprint density at radius 3 is 2.52 bits per heavy atom. The van der Waals surface area contributed by atoms with Crippen molar-refractivity contribution < 1.29 is 4.79 Å². The molecule has 0 aromatic heterocycles. The summed E-state index contributed by atoms with van der Waals surface area (Å²) in [5.41, 5.74) is 2.79. The molecule has 116 valence electrons. The zero-order valence-corrected chi connectivity index (χ0v) is 13.6. The van der Waals surface area contributed by atoms with Crippen LogP contribution in [0.5, 0.6) is 0 Å². The van der Waals surface area contributed by atoms with Crippen molar-refractivity contribution in [2.45, 2.75) is 45.4 Å². The lowest BCUT2D eigenvalue weighted by molar-refractivity contribution is -0.130. The molecule has 1 heterocycles. The van der Waals surface area contributed by atoms with Gasteiger partial charge in [-0.25, -0.2) is 0 Å². The number of nitrogens with zero attached hydrogens (tertiary/aromatic N) is 1. The molecule has 0 spiro atoms. The third-order valence-corrected chi connectivity index (χ3v) is 4.14. The number of benzene rings is 1. The summed E-state index contributed by atoms with van der Waals surface area (Å²) in [5, 5.41) is 3.33. The first kappa shape index (κ1) is 16.0. The van der Waals surface area contributed by atoms with Crippen LogP contribution in [-0.2, 0) is 16.6 Å². The first-order valence-electron chi connectivity index (χ1n) is 8.05. The lowest BCUT2D eigenvalue weighted by Crippen LogP contribution is -2.34. The molecule has 0 saturated carbocycles. The summed E-state index contributed by atoms with van der Waals surface area (Å²) in [4.78, 5) is 14.3. The van der Waals surface area contributed by atoms with Gasteiger partial charge in [-0.05, 0) is 35.9 Å². The van der Waals surface area contributed by atoms with E-state index in [2.05, 4.69) is 50.4 Å². The Morgan fingerprint density at radius 1 is 1.14 bits per heavy atom. The highest BCUT2D eigenvalue weighted by Crippen LogP contribution is 2.22. The fourth-order valence-electron chi connectivity index (χ4n) is 2.68. The van der Waals surface area contributed by atoms with Gasteiger partial charge in [0.1, 0.15) is 0 Å². The average Bonchev–Trinajstić information content (AvgIpc) is 2.73. The summed E-state index contributed by atoms with van der Waals surface area (Å²) < 4.78 is 0. The minimum atomic E-state index is 0.188. The van der Waals surface area contributed by atoms with Crippen LogP contribution in [0.25, 0.3) is 0 Å². The molecule has 1 aliphatic heterocycles. The topological polar surface area (TPSA) is 32.3 Å². The van der Waals surface area contributed by atoms with E-state index in [0.29, 0.717) is 12.3 Å². The van der Waals surface area contributed by atoms with Gasteiger partial charge >= 0.3 is 0 Å². The van der Waals surface area contributed by atoms with Crippen LogP contribution in [0.1, 0.15) is 44.7 Å². The van der Waals surface area contributed by atoms with Crippen LogP contribution in [0.15, 0.2) is 24.3 Å². The fraction of sp³-hybridized carbons (Fsp3) is 0.611. The van der Waals surface area contributed by atoms with E-state index in [1.54, 1.807) is 0 Å². The van der Waals surface area contributed by atoms with Gasteiger partial charge in [0.2, 0.25) is 5.91 Å². The Kier molecular flexibility index (Phi) is 5.40. The van der Waals surface area contributed by atoms with Crippen LogP contribution in [-0.4, -0.2) is 37.0 Å². The Bertz CT molecular complexity index is 451. The van der Waals surface area contributed by atoms with E-state index in [0.717, 1.165) is 39.0 Å². The largest absolute Gasteiger partial charge is 0.341 e. The van der Waals surface area contributed by atoms with E-state index >= 15 is 0 Å². The molecule has 0 radical (unpaired) electrons. The molecule has 0 aliphatic carbocycles. The molecule has 1 amide bonds. The van der Waals surface area contributed by atoms with Gasteiger partial charge in [-0.2, -0.15) is 0 Å². The summed E-state index contributed by atoms with van der Waals surface area (Å²) in [6.45, 7) is 10.4. The number of rotatable bonds is 3. The molecule has 3 nitrogen and oxygen atoms in total. The highest BCUT2D eigenvalue weighted by Gasteiger charge is 2.16. The first-order chi connectivity index (χ1) is 9.97. The predicted molar refractivity (Wildman–Crippen MR) is 87.5 cm³/mol. The third kappa shape index (κ3) is 4.85. The molecule has 1 aliphatic rings. The van der Waals surface area contributed by atoms with E-state index in [4.69, 9.17) is 0 Å². The second-order valence-electron chi connectivity index (χ2n) is 6.93. The van der Waals surface area contributed by atoms with Crippen LogP contribution < -0.4 is 5.32 Å². The van der Waals surface area contributed by atoms with E-state index in [9.17, 15) is 4.79 Å². The van der Waals surface area contributed by atoms with Crippen LogP contribution in [0.3, 0.4) is 0 Å². The van der Waals surface area contributed by atoms with Gasteiger partial charge in [0, 0.05) is 26.1 Å². The van der Waals surface area contributed by atoms with Crippen LogP contribution >= 0.6 is 0 Å². The van der Waals surface area contributed by atoms with Crippen molar-refractivity contribution >= 4 is 5.91 Å². The molecular weight excluding hydrogens is 260 g/mol. The highest BCUT2D eigenvalue weighted by atomic mass is 16.2. The lowest BCUT2D eigenvalue weighted by atomic mass is 9.86. The third-order valence-electron chi connectivity index (χ3n) is 4.14. The number of hydrogen-bond acceptors (Lipinski definition) is 2. The minimum Gasteiger partial charge on any atom is -0.341 e. The number of nitrogens with one attached hydrogen (secondary N) is 1. The molecule has 0 unspecified atom stereocenters. The number of aryl methyl sites for hydroxylation is 1. The molecule has 1 aromatic carbocycles. The number of hydrogen-bond donors (Lipinski definition) is 1. The molecule has 0 bridgehead atoms. The molecule has 1 fully saturated rings. The van der Waals surface area contributed by atoms with E-state index in [-0.39, 0.29) is 5.41 Å². The first-order valence-corrected chi connectivity index (χ1v) is 8.05. The van der Waals surface area contributed by atoms with E-state index in [1.807, 2.05) is 4.90 Å². The molecule has 1 saturated heterocycles. The predicted octanol–water partition coefficient (Wildman–Crippen LogP) is 2.74. The van der Waals surface area contributed by atoms with Crippen LogP contribution in [0, 0.1) is 0 Å². The maximum atomic E-state index is 12.2. The normalized spacial score (nSPS) is 16.6. The van der Waals surface area contributed by atoms with Gasteiger partial charge in [-0.3, -0.25) is 4.79 Å². The summed E-state index contributed by atoms with van der Waals surface area (Å²) in [7, 11) is 0. The number of amides is 1. The van der Waals surface area contributed by atoms with Crippen molar-refractivity contribution in [3.05, 3.63) is 35.4 Å². The van der Waals surface area contributed by atoms with Gasteiger partial charge in [0.25, 0.3) is 0 Å². The Hall–Kier alpha value is -1.35. The number of carbonyl (C=O) groups excluding carboxylic acids is 1. The van der Waals surface area contributed by atoms with Crippen molar-refractivity contribution in [3.63, 3.8) is 0 Å². The SMILES string of the molecule is CC(C)(C)c1ccc(CCC(=O)N2CCCNCC2)cc1. The van der Waals surface area contributed by atoms with Gasteiger partial charge in [0.15, 0.2) is 0 Å². The molecule has 1 N–H and O–H groups in total. The molecule has 1 aromatic rings. The smallest absolute Gasteiger partial charge is 0.222 e. The second-order valence-corrected chi connectivity index (χ2v) is 6.93. The Labute approximate surface area is 128 Å². The van der Waals surface area contributed by atoms with E-state index < -0.39 is 0 Å². The summed E-state index contributed by atoms with van der Waals surface area (Å²) in [6.07, 6.45) is 2.52. The van der Waals surface area contributed by atoms with Crippen molar-refractivity contribution in [3.8, 4) is 0 Å². The van der Waals surface area contributed by atoms with E-state index in [1.165, 1.54) is 11.1 Å². The molecule has 0 atom stereocenters. The van der Waals surface area contributed by atoms with Crippen molar-refractivity contribution in [1.29, 1.82) is 0 Å². The Balaban J connectivity index is 1.86. The van der Waals surface area contributed by atoms with Crippen LogP contribution in [0.2, 0.25) is 0 Å². The zero-order chi connectivity index (χ0) is 15.3. The molecular formula is C18H28N2O. The number of carbonyl (C=O) groups is 1. The average molecular weight is 288 g/mol. The summed E-state index contributed by atoms with van der Waals surface area (Å²) >= 11 is 0. The van der Waals surface area contributed by atoms with Gasteiger partial charge < -0.3 is 10.2 Å². The lowest BCUT2D eigenvalue weighted by Gasteiger charge is -2.20. The molecule has 21 heavy (non-hydrogen) atoms.